The van der Waals surface area contributed by atoms with Crippen LogP contribution < -0.4 is 5.32 Å². The molecule has 10 heteroatoms. The van der Waals surface area contributed by atoms with Gasteiger partial charge >= 0.3 is 12.0 Å². The van der Waals surface area contributed by atoms with Gasteiger partial charge in [0.15, 0.2) is 5.13 Å². The van der Waals surface area contributed by atoms with Crippen molar-refractivity contribution in [1.82, 2.24) is 9.88 Å². The molecule has 3 rings (SSSR count). The van der Waals surface area contributed by atoms with Crippen LogP contribution in [0.4, 0.5) is 9.93 Å². The van der Waals surface area contributed by atoms with Crippen LogP contribution in [0.2, 0.25) is 0 Å². The van der Waals surface area contributed by atoms with Gasteiger partial charge in [-0.15, -0.1) is 0 Å². The van der Waals surface area contributed by atoms with Crippen molar-refractivity contribution >= 4 is 39.3 Å². The fourth-order valence-electron chi connectivity index (χ4n) is 4.72. The quantitative estimate of drug-likeness (QED) is 0.468. The second kappa shape index (κ2) is 13.4. The standard InChI is InChI=1S/C23H37N3O5S2/c1-3-14-31-19-12-10-18(11-13-19)26(17-8-6-5-7-9-17)23(28)25-22-24-15-21(32-22)33(29)16-20(27)30-4-2/h15,17-19H,3-14,16H2,1-2H3,(H,24,25,28). The number of nitrogens with zero attached hydrogens (tertiary/aromatic N) is 2. The lowest BCUT2D eigenvalue weighted by atomic mass is 9.88. The first-order valence-electron chi connectivity index (χ1n) is 12.2. The third-order valence-electron chi connectivity index (χ3n) is 6.27. The Balaban J connectivity index is 1.63. The summed E-state index contributed by atoms with van der Waals surface area (Å²) in [5.74, 6) is -0.710. The van der Waals surface area contributed by atoms with Gasteiger partial charge in [-0.25, -0.2) is 9.78 Å². The van der Waals surface area contributed by atoms with Gasteiger partial charge in [-0.1, -0.05) is 37.5 Å². The zero-order valence-electron chi connectivity index (χ0n) is 19.8. The number of esters is 1. The monoisotopic (exact) mass is 499 g/mol. The number of hydrogen-bond acceptors (Lipinski definition) is 7. The molecule has 1 unspecified atom stereocenters. The van der Waals surface area contributed by atoms with E-state index in [0.717, 1.165) is 75.7 Å². The third-order valence-corrected chi connectivity index (χ3v) is 8.84. The summed E-state index contributed by atoms with van der Waals surface area (Å²) < 4.78 is 23.7. The van der Waals surface area contributed by atoms with E-state index in [4.69, 9.17) is 9.47 Å². The van der Waals surface area contributed by atoms with Gasteiger partial charge in [-0.3, -0.25) is 14.3 Å². The Labute approximate surface area is 203 Å². The summed E-state index contributed by atoms with van der Waals surface area (Å²) in [6, 6.07) is 0.318. The molecule has 0 aliphatic heterocycles. The van der Waals surface area contributed by atoms with Crippen molar-refractivity contribution in [2.45, 2.75) is 100 Å². The first-order chi connectivity index (χ1) is 16.0. The summed E-state index contributed by atoms with van der Waals surface area (Å²) in [6.45, 7) is 4.89. The Morgan fingerprint density at radius 2 is 1.82 bits per heavy atom. The second-order valence-electron chi connectivity index (χ2n) is 8.71. The molecular formula is C23H37N3O5S2. The molecule has 1 aromatic heterocycles. The number of hydrogen-bond donors (Lipinski definition) is 1. The fraction of sp³-hybridized carbons (Fsp3) is 0.783. The molecule has 1 atom stereocenters. The molecule has 2 saturated carbocycles. The van der Waals surface area contributed by atoms with Gasteiger partial charge in [0.1, 0.15) is 9.96 Å². The third kappa shape index (κ3) is 7.75. The van der Waals surface area contributed by atoms with Crippen LogP contribution in [0.25, 0.3) is 0 Å². The smallest absolute Gasteiger partial charge is 0.324 e. The van der Waals surface area contributed by atoms with Crippen LogP contribution >= 0.6 is 11.3 Å². The highest BCUT2D eigenvalue weighted by Crippen LogP contribution is 2.32. The highest BCUT2D eigenvalue weighted by Gasteiger charge is 2.35. The van der Waals surface area contributed by atoms with E-state index in [1.54, 1.807) is 6.92 Å². The lowest BCUT2D eigenvalue weighted by molar-refractivity contribution is -0.139. The number of nitrogens with one attached hydrogen (secondary N) is 1. The van der Waals surface area contributed by atoms with E-state index in [0.29, 0.717) is 15.4 Å². The molecule has 8 nitrogen and oxygen atoms in total. The average Bonchev–Trinajstić information content (AvgIpc) is 3.28. The minimum absolute atomic E-state index is 0.128. The number of carbonyl (C=O) groups is 2. The molecule has 1 N–H and O–H groups in total. The van der Waals surface area contributed by atoms with Crippen LogP contribution in [0.5, 0.6) is 0 Å². The van der Waals surface area contributed by atoms with Crippen LogP contribution in [-0.2, 0) is 25.1 Å². The maximum atomic E-state index is 13.4. The van der Waals surface area contributed by atoms with Crippen LogP contribution in [0.1, 0.15) is 78.1 Å². The van der Waals surface area contributed by atoms with Crippen molar-refractivity contribution in [3.63, 3.8) is 0 Å². The summed E-state index contributed by atoms with van der Waals surface area (Å²) in [5.41, 5.74) is 0. The number of ether oxygens (including phenoxy) is 2. The Morgan fingerprint density at radius 3 is 2.48 bits per heavy atom. The minimum Gasteiger partial charge on any atom is -0.465 e. The summed E-state index contributed by atoms with van der Waals surface area (Å²) in [4.78, 5) is 31.3. The van der Waals surface area contributed by atoms with E-state index in [2.05, 4.69) is 22.1 Å². The predicted octanol–water partition coefficient (Wildman–Crippen LogP) is 4.72. The molecule has 1 heterocycles. The SMILES string of the molecule is CCCOC1CCC(N(C(=O)Nc2ncc(S(=O)CC(=O)OCC)s2)C2CCCCC2)CC1. The van der Waals surface area contributed by atoms with Crippen LogP contribution in [-0.4, -0.2) is 63.2 Å². The molecule has 0 radical (unpaired) electrons. The van der Waals surface area contributed by atoms with Crippen molar-refractivity contribution in [3.05, 3.63) is 6.20 Å². The minimum atomic E-state index is -1.53. The summed E-state index contributed by atoms with van der Waals surface area (Å²) in [5, 5.41) is 3.36. The van der Waals surface area contributed by atoms with Gasteiger partial charge in [0.05, 0.1) is 29.7 Å². The Kier molecular flexibility index (Phi) is 10.6. The molecule has 0 spiro atoms. The molecule has 2 amide bonds. The van der Waals surface area contributed by atoms with Crippen molar-refractivity contribution in [2.75, 3.05) is 24.3 Å². The molecule has 1 aromatic rings. The molecule has 186 valence electrons. The topological polar surface area (TPSA) is 97.8 Å². The van der Waals surface area contributed by atoms with Crippen molar-refractivity contribution in [3.8, 4) is 0 Å². The van der Waals surface area contributed by atoms with E-state index >= 15 is 0 Å². The van der Waals surface area contributed by atoms with E-state index < -0.39 is 16.8 Å². The van der Waals surface area contributed by atoms with Gasteiger partial charge in [-0.05, 0) is 51.9 Å². The van der Waals surface area contributed by atoms with Gasteiger partial charge < -0.3 is 14.4 Å². The number of anilines is 1. The Bertz CT molecular complexity index is 789. The van der Waals surface area contributed by atoms with Crippen LogP contribution in [0.15, 0.2) is 10.4 Å². The highest BCUT2D eigenvalue weighted by atomic mass is 32.2. The molecule has 2 aliphatic rings. The van der Waals surface area contributed by atoms with E-state index in [1.807, 2.05) is 0 Å². The van der Waals surface area contributed by atoms with E-state index in [-0.39, 0.29) is 30.5 Å². The molecule has 2 fully saturated rings. The average molecular weight is 500 g/mol. The van der Waals surface area contributed by atoms with Crippen LogP contribution in [0, 0.1) is 0 Å². The molecule has 0 bridgehead atoms. The van der Waals surface area contributed by atoms with Crippen molar-refractivity contribution in [1.29, 1.82) is 0 Å². The van der Waals surface area contributed by atoms with Crippen molar-refractivity contribution < 1.29 is 23.3 Å². The van der Waals surface area contributed by atoms with Gasteiger partial charge in [0.2, 0.25) is 0 Å². The van der Waals surface area contributed by atoms with E-state index in [9.17, 15) is 13.8 Å². The molecular weight excluding hydrogens is 462 g/mol. The predicted molar refractivity (Wildman–Crippen MR) is 130 cm³/mol. The maximum absolute atomic E-state index is 13.4. The normalized spacial score (nSPS) is 22.5. The van der Waals surface area contributed by atoms with Crippen LogP contribution in [0.3, 0.4) is 0 Å². The summed E-state index contributed by atoms with van der Waals surface area (Å²) >= 11 is 1.15. The Morgan fingerprint density at radius 1 is 1.12 bits per heavy atom. The lowest BCUT2D eigenvalue weighted by Gasteiger charge is -2.42. The Hall–Kier alpha value is -1.52. The zero-order valence-corrected chi connectivity index (χ0v) is 21.4. The number of carbonyl (C=O) groups excluding carboxylic acids is 2. The summed E-state index contributed by atoms with van der Waals surface area (Å²) in [7, 11) is -1.53. The van der Waals surface area contributed by atoms with E-state index in [1.165, 1.54) is 12.6 Å². The van der Waals surface area contributed by atoms with Gasteiger partial charge in [-0.2, -0.15) is 0 Å². The number of aromatic nitrogens is 1. The second-order valence-corrected chi connectivity index (χ2v) is 11.4. The number of rotatable bonds is 10. The number of amides is 2. The number of urea groups is 1. The van der Waals surface area contributed by atoms with Crippen molar-refractivity contribution in [2.24, 2.45) is 0 Å². The zero-order chi connectivity index (χ0) is 23.6. The van der Waals surface area contributed by atoms with Gasteiger partial charge in [0, 0.05) is 18.7 Å². The molecule has 33 heavy (non-hydrogen) atoms. The van der Waals surface area contributed by atoms with Gasteiger partial charge in [0.25, 0.3) is 0 Å². The first kappa shape index (κ1) is 26.1. The largest absolute Gasteiger partial charge is 0.465 e. The molecule has 0 aromatic carbocycles. The lowest BCUT2D eigenvalue weighted by Crippen LogP contribution is -2.51. The molecule has 2 aliphatic carbocycles. The highest BCUT2D eigenvalue weighted by molar-refractivity contribution is 7.88. The number of thiazole rings is 1. The first-order valence-corrected chi connectivity index (χ1v) is 14.4. The maximum Gasteiger partial charge on any atom is 0.324 e. The summed E-state index contributed by atoms with van der Waals surface area (Å²) in [6.07, 6.45) is 12.3. The molecule has 0 saturated heterocycles. The fourth-order valence-corrected chi connectivity index (χ4v) is 6.66.